The number of rotatable bonds is 5. The molecule has 0 bridgehead atoms. The van der Waals surface area contributed by atoms with Gasteiger partial charge in [0.25, 0.3) is 5.56 Å². The third kappa shape index (κ3) is 4.08. The number of fused-ring (bicyclic) bond motifs is 5. The number of hydrogen-bond donors (Lipinski definition) is 0. The Morgan fingerprint density at radius 2 is 1.81 bits per heavy atom. The average molecular weight is 503 g/mol. The molecule has 0 saturated heterocycles. The first-order valence-electron chi connectivity index (χ1n) is 13.3. The van der Waals surface area contributed by atoms with E-state index in [1.807, 2.05) is 38.3 Å². The number of Topliss-reactive ketones (excluding diaryl/α,β-unsaturated/α-hetero) is 1. The standard InChI is InChI=1S/C30H38N2O3Si/c1-8-30(35-29(2,3)4)23-17-25-27-22(18-32(25)28(34)21(23)13-14-26(30)33)19(15-16-36(5,6)7)20-11-9-10-12-24(20)31-27/h9-12,17H,8,13-16,18H2,1-7H3/t30-/m0/s1. The summed E-state index contributed by atoms with van der Waals surface area (Å²) in [5.74, 6) is 0.0669. The highest BCUT2D eigenvalue weighted by atomic mass is 28.3. The van der Waals surface area contributed by atoms with Crippen molar-refractivity contribution in [3.63, 3.8) is 0 Å². The van der Waals surface area contributed by atoms with Crippen LogP contribution in [-0.2, 0) is 34.5 Å². The van der Waals surface area contributed by atoms with E-state index in [0.717, 1.165) is 40.0 Å². The normalized spacial score (nSPS) is 19.4. The summed E-state index contributed by atoms with van der Waals surface area (Å²) >= 11 is 0. The molecule has 2 aromatic heterocycles. The minimum atomic E-state index is -1.27. The molecule has 0 amide bonds. The molecule has 1 aliphatic heterocycles. The van der Waals surface area contributed by atoms with Gasteiger partial charge in [-0.15, -0.1) is 0 Å². The van der Waals surface area contributed by atoms with E-state index >= 15 is 0 Å². The van der Waals surface area contributed by atoms with E-state index in [1.165, 1.54) is 17.0 Å². The summed E-state index contributed by atoms with van der Waals surface area (Å²) in [6, 6.07) is 11.6. The van der Waals surface area contributed by atoms with Crippen molar-refractivity contribution < 1.29 is 9.53 Å². The molecule has 2 aliphatic rings. The van der Waals surface area contributed by atoms with Crippen molar-refractivity contribution in [3.8, 4) is 11.4 Å². The number of nitrogens with zero attached hydrogens (tertiary/aromatic N) is 2. The second-order valence-corrected chi connectivity index (χ2v) is 18.2. The van der Waals surface area contributed by atoms with E-state index in [4.69, 9.17) is 9.72 Å². The van der Waals surface area contributed by atoms with Crippen LogP contribution < -0.4 is 5.56 Å². The van der Waals surface area contributed by atoms with Gasteiger partial charge in [-0.2, -0.15) is 0 Å². The Bertz CT molecular complexity index is 1440. The maximum absolute atomic E-state index is 13.9. The second-order valence-electron chi connectivity index (χ2n) is 12.6. The maximum Gasteiger partial charge on any atom is 0.254 e. The van der Waals surface area contributed by atoms with Gasteiger partial charge in [-0.3, -0.25) is 9.59 Å². The van der Waals surface area contributed by atoms with Crippen LogP contribution in [0.25, 0.3) is 22.3 Å². The predicted molar refractivity (Wildman–Crippen MR) is 149 cm³/mol. The molecule has 0 spiro atoms. The zero-order chi connectivity index (χ0) is 26.0. The van der Waals surface area contributed by atoms with Crippen LogP contribution >= 0.6 is 0 Å². The Morgan fingerprint density at radius 3 is 2.47 bits per heavy atom. The number of aryl methyl sites for hydroxylation is 1. The van der Waals surface area contributed by atoms with Crippen LogP contribution in [0.3, 0.4) is 0 Å². The third-order valence-corrected chi connectivity index (χ3v) is 9.41. The van der Waals surface area contributed by atoms with Crippen molar-refractivity contribution in [2.24, 2.45) is 0 Å². The van der Waals surface area contributed by atoms with Gasteiger partial charge in [-0.1, -0.05) is 50.8 Å². The van der Waals surface area contributed by atoms with Gasteiger partial charge in [0.1, 0.15) is 0 Å². The molecular weight excluding hydrogens is 464 g/mol. The van der Waals surface area contributed by atoms with E-state index in [9.17, 15) is 9.59 Å². The third-order valence-electron chi connectivity index (χ3n) is 7.66. The van der Waals surface area contributed by atoms with Crippen molar-refractivity contribution in [1.29, 1.82) is 0 Å². The quantitative estimate of drug-likeness (QED) is 0.303. The fourth-order valence-corrected chi connectivity index (χ4v) is 6.97. The van der Waals surface area contributed by atoms with Gasteiger partial charge in [-0.05, 0) is 57.7 Å². The van der Waals surface area contributed by atoms with Gasteiger partial charge in [0.2, 0.25) is 0 Å². The van der Waals surface area contributed by atoms with Crippen LogP contribution in [-0.4, -0.2) is 29.0 Å². The topological polar surface area (TPSA) is 61.2 Å². The highest BCUT2D eigenvalue weighted by molar-refractivity contribution is 6.76. The number of benzene rings is 1. The Hall–Kier alpha value is -2.57. The average Bonchev–Trinajstić information content (AvgIpc) is 3.16. The molecule has 5 nitrogen and oxygen atoms in total. The van der Waals surface area contributed by atoms with Crippen molar-refractivity contribution >= 4 is 24.8 Å². The van der Waals surface area contributed by atoms with E-state index in [0.29, 0.717) is 25.8 Å². The molecule has 3 aromatic rings. The first-order chi connectivity index (χ1) is 16.8. The number of pyridine rings is 2. The summed E-state index contributed by atoms with van der Waals surface area (Å²) in [6.07, 6.45) is 2.30. The van der Waals surface area contributed by atoms with Gasteiger partial charge in [-0.25, -0.2) is 4.98 Å². The molecule has 0 saturated carbocycles. The Kier molecular flexibility index (Phi) is 5.92. The number of carbonyl (C=O) groups is 1. The van der Waals surface area contributed by atoms with Gasteiger partial charge < -0.3 is 9.30 Å². The van der Waals surface area contributed by atoms with Crippen molar-refractivity contribution in [1.82, 2.24) is 9.55 Å². The molecule has 0 N–H and O–H groups in total. The fourth-order valence-electron chi connectivity index (χ4n) is 5.97. The number of para-hydroxylation sites is 1. The Balaban J connectivity index is 1.76. The van der Waals surface area contributed by atoms with E-state index in [-0.39, 0.29) is 11.3 Å². The number of carbonyl (C=O) groups excluding carboxylic acids is 1. The second kappa shape index (κ2) is 8.49. The Labute approximate surface area is 214 Å². The molecule has 1 aliphatic carbocycles. The van der Waals surface area contributed by atoms with Crippen molar-refractivity contribution in [2.45, 2.75) is 96.8 Å². The van der Waals surface area contributed by atoms with Crippen LogP contribution in [0, 0.1) is 0 Å². The molecule has 1 atom stereocenters. The van der Waals surface area contributed by atoms with Crippen LogP contribution in [0.5, 0.6) is 0 Å². The summed E-state index contributed by atoms with van der Waals surface area (Å²) in [7, 11) is -1.27. The lowest BCUT2D eigenvalue weighted by atomic mass is 9.76. The molecule has 190 valence electrons. The lowest BCUT2D eigenvalue weighted by Gasteiger charge is -2.41. The summed E-state index contributed by atoms with van der Waals surface area (Å²) in [5, 5.41) is 1.19. The van der Waals surface area contributed by atoms with E-state index < -0.39 is 19.3 Å². The Morgan fingerprint density at radius 1 is 1.08 bits per heavy atom. The van der Waals surface area contributed by atoms with Crippen LogP contribution in [0.1, 0.15) is 62.8 Å². The molecule has 36 heavy (non-hydrogen) atoms. The smallest absolute Gasteiger partial charge is 0.254 e. The minimum absolute atomic E-state index is 0.00327. The predicted octanol–water partition coefficient (Wildman–Crippen LogP) is 6.24. The molecule has 3 heterocycles. The van der Waals surface area contributed by atoms with Gasteiger partial charge >= 0.3 is 0 Å². The minimum Gasteiger partial charge on any atom is -0.357 e. The van der Waals surface area contributed by atoms with Gasteiger partial charge in [0, 0.05) is 36.6 Å². The summed E-state index contributed by atoms with van der Waals surface area (Å²) < 4.78 is 8.40. The molecule has 1 aromatic carbocycles. The van der Waals surface area contributed by atoms with Crippen molar-refractivity contribution in [3.05, 3.63) is 62.9 Å². The van der Waals surface area contributed by atoms with Gasteiger partial charge in [0.15, 0.2) is 11.4 Å². The first kappa shape index (κ1) is 25.1. The molecule has 0 radical (unpaired) electrons. The SMILES string of the molecule is CC[C@@]1(OC(C)(C)C)C(=O)CCc2c1cc1n(c2=O)Cc2c-1nc1ccccc1c2CC[Si](C)(C)C. The summed E-state index contributed by atoms with van der Waals surface area (Å²) in [6.45, 7) is 15.7. The fraction of sp³-hybridized carbons (Fsp3) is 0.500. The maximum atomic E-state index is 13.9. The molecule has 0 unspecified atom stereocenters. The summed E-state index contributed by atoms with van der Waals surface area (Å²) in [4.78, 5) is 32.4. The number of ether oxygens (including phenoxy) is 1. The molecule has 0 fully saturated rings. The lowest BCUT2D eigenvalue weighted by molar-refractivity contribution is -0.171. The van der Waals surface area contributed by atoms with Crippen molar-refractivity contribution in [2.75, 3.05) is 0 Å². The monoisotopic (exact) mass is 502 g/mol. The molecule has 5 rings (SSSR count). The summed E-state index contributed by atoms with van der Waals surface area (Å²) in [5.41, 5.74) is 5.01. The van der Waals surface area contributed by atoms with E-state index in [2.05, 4.69) is 43.9 Å². The number of hydrogen-bond acceptors (Lipinski definition) is 4. The number of aromatic nitrogens is 2. The highest BCUT2D eigenvalue weighted by Crippen LogP contribution is 2.44. The van der Waals surface area contributed by atoms with Gasteiger partial charge in [0.05, 0.1) is 29.1 Å². The largest absolute Gasteiger partial charge is 0.357 e. The highest BCUT2D eigenvalue weighted by Gasteiger charge is 2.48. The zero-order valence-corrected chi connectivity index (χ0v) is 23.7. The van der Waals surface area contributed by atoms with E-state index in [1.54, 1.807) is 0 Å². The van der Waals surface area contributed by atoms with Crippen LogP contribution in [0.4, 0.5) is 0 Å². The lowest BCUT2D eigenvalue weighted by Crippen LogP contribution is -2.48. The molecule has 6 heteroatoms. The van der Waals surface area contributed by atoms with Crippen LogP contribution in [0.15, 0.2) is 35.1 Å². The first-order valence-corrected chi connectivity index (χ1v) is 17.0. The molecular formula is C30H38N2O3Si. The number of ketones is 1. The van der Waals surface area contributed by atoms with Crippen LogP contribution in [0.2, 0.25) is 25.7 Å². The zero-order valence-electron chi connectivity index (χ0n) is 22.7.